The third-order valence-electron chi connectivity index (χ3n) is 2.28. The summed E-state index contributed by atoms with van der Waals surface area (Å²) >= 11 is 0. The van der Waals surface area contributed by atoms with E-state index >= 15 is 0 Å². The van der Waals surface area contributed by atoms with Crippen LogP contribution in [-0.2, 0) is 9.53 Å². The fourth-order valence-electron chi connectivity index (χ4n) is 1.54. The van der Waals surface area contributed by atoms with Crippen LogP contribution in [0.5, 0.6) is 0 Å². The maximum atomic E-state index is 11.8. The highest BCUT2D eigenvalue weighted by molar-refractivity contribution is 5.94. The summed E-state index contributed by atoms with van der Waals surface area (Å²) in [4.78, 5) is 24.6. The average molecular weight is 225 g/mol. The molecule has 0 bridgehead atoms. The SMILES string of the molecule is CC[C@@H]1C=CC(=O)CN1C(=O)OC(C)(C)C. The fourth-order valence-corrected chi connectivity index (χ4v) is 1.54. The number of carbonyl (C=O) groups is 2. The van der Waals surface area contributed by atoms with Crippen LogP contribution in [0, 0.1) is 0 Å². The molecular weight excluding hydrogens is 206 g/mol. The molecule has 0 N–H and O–H groups in total. The van der Waals surface area contributed by atoms with E-state index in [1.54, 1.807) is 6.08 Å². The molecule has 0 unspecified atom stereocenters. The smallest absolute Gasteiger partial charge is 0.411 e. The molecule has 1 aliphatic heterocycles. The maximum Gasteiger partial charge on any atom is 0.411 e. The van der Waals surface area contributed by atoms with Gasteiger partial charge in [0.2, 0.25) is 0 Å². The molecule has 0 aromatic carbocycles. The van der Waals surface area contributed by atoms with E-state index in [-0.39, 0.29) is 18.4 Å². The first-order valence-corrected chi connectivity index (χ1v) is 5.54. The van der Waals surface area contributed by atoms with Crippen molar-refractivity contribution >= 4 is 11.9 Å². The Labute approximate surface area is 96.3 Å². The highest BCUT2D eigenvalue weighted by Gasteiger charge is 2.29. The van der Waals surface area contributed by atoms with E-state index in [4.69, 9.17) is 4.74 Å². The van der Waals surface area contributed by atoms with Gasteiger partial charge in [0, 0.05) is 0 Å². The number of ether oxygens (including phenoxy) is 1. The van der Waals surface area contributed by atoms with Gasteiger partial charge in [0.15, 0.2) is 5.78 Å². The number of carbonyl (C=O) groups excluding carboxylic acids is 2. The Morgan fingerprint density at radius 3 is 2.69 bits per heavy atom. The van der Waals surface area contributed by atoms with Gasteiger partial charge in [-0.05, 0) is 33.3 Å². The van der Waals surface area contributed by atoms with Gasteiger partial charge in [-0.3, -0.25) is 9.69 Å². The van der Waals surface area contributed by atoms with Crippen molar-refractivity contribution in [3.8, 4) is 0 Å². The zero-order valence-corrected chi connectivity index (χ0v) is 10.3. The van der Waals surface area contributed by atoms with Crippen LogP contribution in [0.2, 0.25) is 0 Å². The molecule has 0 aromatic rings. The molecule has 0 spiro atoms. The van der Waals surface area contributed by atoms with E-state index < -0.39 is 11.7 Å². The molecule has 90 valence electrons. The molecule has 0 radical (unpaired) electrons. The largest absolute Gasteiger partial charge is 0.444 e. The van der Waals surface area contributed by atoms with Crippen LogP contribution in [0.1, 0.15) is 34.1 Å². The summed E-state index contributed by atoms with van der Waals surface area (Å²) in [6.45, 7) is 7.53. The molecule has 1 atom stereocenters. The predicted molar refractivity (Wildman–Crippen MR) is 61.2 cm³/mol. The second-order valence-corrected chi connectivity index (χ2v) is 4.91. The minimum absolute atomic E-state index is 0.0347. The average Bonchev–Trinajstić information content (AvgIpc) is 2.15. The highest BCUT2D eigenvalue weighted by Crippen LogP contribution is 2.16. The van der Waals surface area contributed by atoms with E-state index in [1.165, 1.54) is 11.0 Å². The maximum absolute atomic E-state index is 11.8. The van der Waals surface area contributed by atoms with Gasteiger partial charge in [-0.2, -0.15) is 0 Å². The van der Waals surface area contributed by atoms with Crippen molar-refractivity contribution in [1.29, 1.82) is 0 Å². The predicted octanol–water partition coefficient (Wildman–Crippen LogP) is 2.14. The minimum atomic E-state index is -0.528. The third-order valence-corrected chi connectivity index (χ3v) is 2.28. The van der Waals surface area contributed by atoms with Gasteiger partial charge < -0.3 is 4.74 Å². The van der Waals surface area contributed by atoms with E-state index in [1.807, 2.05) is 27.7 Å². The Balaban J connectivity index is 2.74. The van der Waals surface area contributed by atoms with Crippen molar-refractivity contribution in [2.75, 3.05) is 6.54 Å². The van der Waals surface area contributed by atoms with Crippen LogP contribution in [0.4, 0.5) is 4.79 Å². The second kappa shape index (κ2) is 4.68. The van der Waals surface area contributed by atoms with Gasteiger partial charge >= 0.3 is 6.09 Å². The lowest BCUT2D eigenvalue weighted by molar-refractivity contribution is -0.116. The highest BCUT2D eigenvalue weighted by atomic mass is 16.6. The van der Waals surface area contributed by atoms with E-state index in [0.29, 0.717) is 0 Å². The van der Waals surface area contributed by atoms with E-state index in [9.17, 15) is 9.59 Å². The molecule has 1 rings (SSSR count). The molecule has 0 saturated heterocycles. The second-order valence-electron chi connectivity index (χ2n) is 4.91. The normalized spacial score (nSPS) is 21.1. The molecule has 1 amide bonds. The lowest BCUT2D eigenvalue weighted by Crippen LogP contribution is -2.46. The quantitative estimate of drug-likeness (QED) is 0.687. The number of hydrogen-bond donors (Lipinski definition) is 0. The van der Waals surface area contributed by atoms with Gasteiger partial charge in [-0.15, -0.1) is 0 Å². The third kappa shape index (κ3) is 3.36. The van der Waals surface area contributed by atoms with Crippen molar-refractivity contribution in [3.63, 3.8) is 0 Å². The first-order valence-electron chi connectivity index (χ1n) is 5.54. The van der Waals surface area contributed by atoms with E-state index in [0.717, 1.165) is 6.42 Å². The van der Waals surface area contributed by atoms with Gasteiger partial charge in [-0.1, -0.05) is 13.0 Å². The lowest BCUT2D eigenvalue weighted by atomic mass is 10.1. The Morgan fingerprint density at radius 1 is 1.56 bits per heavy atom. The topological polar surface area (TPSA) is 46.6 Å². The van der Waals surface area contributed by atoms with Crippen LogP contribution < -0.4 is 0 Å². The fraction of sp³-hybridized carbons (Fsp3) is 0.667. The van der Waals surface area contributed by atoms with Gasteiger partial charge in [0.05, 0.1) is 12.6 Å². The minimum Gasteiger partial charge on any atom is -0.444 e. The van der Waals surface area contributed by atoms with Crippen molar-refractivity contribution in [1.82, 2.24) is 4.90 Å². The van der Waals surface area contributed by atoms with Crippen LogP contribution >= 0.6 is 0 Å². The summed E-state index contributed by atoms with van der Waals surface area (Å²) in [5.41, 5.74) is -0.528. The summed E-state index contributed by atoms with van der Waals surface area (Å²) < 4.78 is 5.26. The van der Waals surface area contributed by atoms with E-state index in [2.05, 4.69) is 0 Å². The van der Waals surface area contributed by atoms with Crippen LogP contribution in [0.25, 0.3) is 0 Å². The Hall–Kier alpha value is -1.32. The zero-order chi connectivity index (χ0) is 12.3. The molecule has 16 heavy (non-hydrogen) atoms. The van der Waals surface area contributed by atoms with Gasteiger partial charge in [-0.25, -0.2) is 4.79 Å². The summed E-state index contributed by atoms with van der Waals surface area (Å²) in [5, 5.41) is 0. The number of rotatable bonds is 1. The number of amides is 1. The molecular formula is C12H19NO3. The lowest BCUT2D eigenvalue weighted by Gasteiger charge is -2.32. The Morgan fingerprint density at radius 2 is 2.19 bits per heavy atom. The Bertz CT molecular complexity index is 315. The summed E-state index contributed by atoms with van der Waals surface area (Å²) in [6.07, 6.45) is 3.66. The van der Waals surface area contributed by atoms with Crippen molar-refractivity contribution < 1.29 is 14.3 Å². The van der Waals surface area contributed by atoms with Crippen LogP contribution in [0.15, 0.2) is 12.2 Å². The van der Waals surface area contributed by atoms with Crippen molar-refractivity contribution in [2.24, 2.45) is 0 Å². The molecule has 1 heterocycles. The molecule has 0 fully saturated rings. The zero-order valence-electron chi connectivity index (χ0n) is 10.3. The monoisotopic (exact) mass is 225 g/mol. The molecule has 0 aliphatic carbocycles. The van der Waals surface area contributed by atoms with Crippen LogP contribution in [0.3, 0.4) is 0 Å². The molecule has 0 saturated carbocycles. The van der Waals surface area contributed by atoms with Crippen molar-refractivity contribution in [3.05, 3.63) is 12.2 Å². The van der Waals surface area contributed by atoms with Gasteiger partial charge in [0.1, 0.15) is 5.60 Å². The van der Waals surface area contributed by atoms with Gasteiger partial charge in [0.25, 0.3) is 0 Å². The first kappa shape index (κ1) is 12.7. The summed E-state index contributed by atoms with van der Waals surface area (Å²) in [5.74, 6) is -0.0597. The molecule has 4 heteroatoms. The number of ketones is 1. The summed E-state index contributed by atoms with van der Waals surface area (Å²) in [7, 11) is 0. The van der Waals surface area contributed by atoms with Crippen LogP contribution in [-0.4, -0.2) is 35.0 Å². The summed E-state index contributed by atoms with van der Waals surface area (Å²) in [6, 6.07) is -0.0347. The molecule has 0 aromatic heterocycles. The van der Waals surface area contributed by atoms with Crippen molar-refractivity contribution in [2.45, 2.75) is 45.8 Å². The molecule has 1 aliphatic rings. The Kier molecular flexibility index (Phi) is 3.73. The standard InChI is InChI=1S/C12H19NO3/c1-5-9-6-7-10(14)8-13(9)11(15)16-12(2,3)4/h6-7,9H,5,8H2,1-4H3/t9-/m1/s1. The number of nitrogens with zero attached hydrogens (tertiary/aromatic N) is 1. The first-order chi connectivity index (χ1) is 7.33. The number of hydrogen-bond acceptors (Lipinski definition) is 3. The molecule has 4 nitrogen and oxygen atoms in total.